The molecule has 1 heteroatoms. The molecule has 0 spiro atoms. The molecular formula is C22H23N. The summed E-state index contributed by atoms with van der Waals surface area (Å²) in [6.45, 7) is 4.63. The molecule has 23 heavy (non-hydrogen) atoms. The number of rotatable bonds is 1. The van der Waals surface area contributed by atoms with E-state index in [2.05, 4.69) is 85.2 Å². The minimum absolute atomic E-state index is 0.568. The Morgan fingerprint density at radius 3 is 2.35 bits per heavy atom. The Hall–Kier alpha value is -2.28. The Morgan fingerprint density at radius 1 is 0.870 bits per heavy atom. The molecule has 2 aliphatic rings. The summed E-state index contributed by atoms with van der Waals surface area (Å²) < 4.78 is 2.43. The van der Waals surface area contributed by atoms with Crippen molar-refractivity contribution in [2.45, 2.75) is 26.7 Å². The van der Waals surface area contributed by atoms with E-state index in [9.17, 15) is 0 Å². The number of allylic oxidation sites excluding steroid dienone is 2. The first-order chi connectivity index (χ1) is 11.3. The number of hydrogen-bond acceptors (Lipinski definition) is 0. The van der Waals surface area contributed by atoms with E-state index in [1.807, 2.05) is 0 Å². The van der Waals surface area contributed by atoms with E-state index >= 15 is 0 Å². The van der Waals surface area contributed by atoms with Gasteiger partial charge in [-0.25, -0.2) is 0 Å². The van der Waals surface area contributed by atoms with Gasteiger partial charge < -0.3 is 4.57 Å². The number of aromatic nitrogens is 1. The number of benzene rings is 1. The van der Waals surface area contributed by atoms with Gasteiger partial charge in [0.2, 0.25) is 0 Å². The monoisotopic (exact) mass is 301 g/mol. The van der Waals surface area contributed by atoms with Crippen molar-refractivity contribution >= 4 is 24.3 Å². The van der Waals surface area contributed by atoms with Gasteiger partial charge in [-0.15, -0.1) is 0 Å². The summed E-state index contributed by atoms with van der Waals surface area (Å²) in [4.78, 5) is 0. The molecule has 4 rings (SSSR count). The molecule has 0 fully saturated rings. The summed E-state index contributed by atoms with van der Waals surface area (Å²) in [7, 11) is 0. The Labute approximate surface area is 138 Å². The lowest BCUT2D eigenvalue weighted by Gasteiger charge is -2.16. The molecule has 2 unspecified atom stereocenters. The van der Waals surface area contributed by atoms with Gasteiger partial charge in [-0.1, -0.05) is 62.4 Å². The minimum Gasteiger partial charge on any atom is -0.310 e. The SMILES string of the molecule is CC1C=c2c3c(n(-c4ccccc4)c2=CC1C)/C=C\CC/C=C\3. The van der Waals surface area contributed by atoms with Crippen LogP contribution >= 0.6 is 0 Å². The zero-order valence-corrected chi connectivity index (χ0v) is 13.9. The van der Waals surface area contributed by atoms with Gasteiger partial charge in [-0.2, -0.15) is 0 Å². The van der Waals surface area contributed by atoms with Gasteiger partial charge in [0.05, 0.1) is 11.0 Å². The highest BCUT2D eigenvalue weighted by molar-refractivity contribution is 5.69. The summed E-state index contributed by atoms with van der Waals surface area (Å²) >= 11 is 0. The van der Waals surface area contributed by atoms with Gasteiger partial charge in [0.25, 0.3) is 0 Å². The zero-order valence-electron chi connectivity index (χ0n) is 13.9. The molecule has 2 aromatic rings. The lowest BCUT2D eigenvalue weighted by molar-refractivity contribution is 0.605. The Bertz CT molecular complexity index is 894. The van der Waals surface area contributed by atoms with Crippen molar-refractivity contribution in [3.05, 3.63) is 64.3 Å². The lowest BCUT2D eigenvalue weighted by atomic mass is 9.90. The summed E-state index contributed by atoms with van der Waals surface area (Å²) in [5, 5.41) is 2.75. The average Bonchev–Trinajstić information content (AvgIpc) is 2.81. The van der Waals surface area contributed by atoms with Crippen LogP contribution in [0.25, 0.3) is 30.0 Å². The number of fused-ring (bicyclic) bond motifs is 3. The van der Waals surface area contributed by atoms with Crippen LogP contribution in [0.4, 0.5) is 0 Å². The highest BCUT2D eigenvalue weighted by atomic mass is 15.0. The zero-order chi connectivity index (χ0) is 15.8. The molecule has 1 nitrogen and oxygen atoms in total. The van der Waals surface area contributed by atoms with E-state index in [4.69, 9.17) is 0 Å². The predicted octanol–water partition coefficient (Wildman–Crippen LogP) is 4.14. The van der Waals surface area contributed by atoms with E-state index in [0.29, 0.717) is 11.8 Å². The third kappa shape index (κ3) is 2.41. The second-order valence-corrected chi connectivity index (χ2v) is 6.70. The Kier molecular flexibility index (Phi) is 3.57. The quantitative estimate of drug-likeness (QED) is 0.746. The van der Waals surface area contributed by atoms with Crippen LogP contribution in [0.3, 0.4) is 0 Å². The molecule has 0 saturated heterocycles. The topological polar surface area (TPSA) is 4.93 Å². The molecule has 2 atom stereocenters. The molecule has 0 radical (unpaired) electrons. The van der Waals surface area contributed by atoms with Crippen molar-refractivity contribution in [3.8, 4) is 5.69 Å². The summed E-state index contributed by atoms with van der Waals surface area (Å²) in [5.74, 6) is 1.15. The standard InChI is InChI=1S/C22H23N/c1-16-14-20-19-12-8-3-4-9-13-21(19)23(22(20)15-17(16)2)18-10-6-5-7-11-18/h5-17H,3-4H2,1-2H3/b12-8-,13-9-. The van der Waals surface area contributed by atoms with Crippen LogP contribution in [-0.4, -0.2) is 4.57 Å². The second-order valence-electron chi connectivity index (χ2n) is 6.70. The van der Waals surface area contributed by atoms with Crippen molar-refractivity contribution in [2.75, 3.05) is 0 Å². The Balaban J connectivity index is 2.13. The maximum Gasteiger partial charge on any atom is 0.0537 e. The first-order valence-corrected chi connectivity index (χ1v) is 8.62. The maximum absolute atomic E-state index is 2.46. The van der Waals surface area contributed by atoms with Crippen molar-refractivity contribution in [2.24, 2.45) is 11.8 Å². The third-order valence-electron chi connectivity index (χ3n) is 5.08. The normalized spacial score (nSPS) is 25.1. The van der Waals surface area contributed by atoms with E-state index in [0.717, 1.165) is 12.8 Å². The highest BCUT2D eigenvalue weighted by Crippen LogP contribution is 2.22. The smallest absolute Gasteiger partial charge is 0.0537 e. The van der Waals surface area contributed by atoms with E-state index < -0.39 is 0 Å². The molecule has 0 N–H and O–H groups in total. The molecule has 0 bridgehead atoms. The largest absolute Gasteiger partial charge is 0.310 e. The molecule has 1 heterocycles. The minimum atomic E-state index is 0.568. The van der Waals surface area contributed by atoms with Crippen molar-refractivity contribution in [3.63, 3.8) is 0 Å². The third-order valence-corrected chi connectivity index (χ3v) is 5.08. The summed E-state index contributed by atoms with van der Waals surface area (Å²) in [6.07, 6.45) is 16.4. The summed E-state index contributed by atoms with van der Waals surface area (Å²) in [5.41, 5.74) is 3.93. The molecule has 0 aliphatic heterocycles. The highest BCUT2D eigenvalue weighted by Gasteiger charge is 2.19. The molecular weight excluding hydrogens is 278 g/mol. The maximum atomic E-state index is 2.46. The molecule has 0 amide bonds. The predicted molar refractivity (Wildman–Crippen MR) is 99.6 cm³/mol. The van der Waals surface area contributed by atoms with E-state index in [1.54, 1.807) is 0 Å². The first-order valence-electron chi connectivity index (χ1n) is 8.62. The van der Waals surface area contributed by atoms with Crippen LogP contribution in [-0.2, 0) is 0 Å². The average molecular weight is 301 g/mol. The van der Waals surface area contributed by atoms with Gasteiger partial charge in [-0.3, -0.25) is 0 Å². The first kappa shape index (κ1) is 14.3. The van der Waals surface area contributed by atoms with Crippen molar-refractivity contribution in [1.82, 2.24) is 4.57 Å². The van der Waals surface area contributed by atoms with E-state index in [1.165, 1.54) is 27.5 Å². The molecule has 0 saturated carbocycles. The number of hydrogen-bond donors (Lipinski definition) is 0. The van der Waals surface area contributed by atoms with Gasteiger partial charge in [-0.05, 0) is 42.9 Å². The van der Waals surface area contributed by atoms with Gasteiger partial charge in [0, 0.05) is 16.5 Å². The fourth-order valence-electron chi connectivity index (χ4n) is 3.58. The molecule has 1 aromatic carbocycles. The van der Waals surface area contributed by atoms with Gasteiger partial charge >= 0.3 is 0 Å². The van der Waals surface area contributed by atoms with Crippen LogP contribution in [0.5, 0.6) is 0 Å². The Morgan fingerprint density at radius 2 is 1.57 bits per heavy atom. The van der Waals surface area contributed by atoms with Crippen molar-refractivity contribution in [1.29, 1.82) is 0 Å². The second kappa shape index (κ2) is 5.73. The van der Waals surface area contributed by atoms with Crippen LogP contribution in [0.2, 0.25) is 0 Å². The summed E-state index contributed by atoms with van der Waals surface area (Å²) in [6, 6.07) is 10.7. The number of para-hydroxylation sites is 1. The van der Waals surface area contributed by atoms with Gasteiger partial charge in [0.1, 0.15) is 0 Å². The van der Waals surface area contributed by atoms with Crippen LogP contribution < -0.4 is 10.6 Å². The van der Waals surface area contributed by atoms with Crippen LogP contribution in [0, 0.1) is 11.8 Å². The van der Waals surface area contributed by atoms with Crippen LogP contribution in [0.15, 0.2) is 42.5 Å². The molecule has 116 valence electrons. The molecule has 1 aromatic heterocycles. The van der Waals surface area contributed by atoms with Crippen molar-refractivity contribution < 1.29 is 0 Å². The van der Waals surface area contributed by atoms with Crippen LogP contribution in [0.1, 0.15) is 37.9 Å². The van der Waals surface area contributed by atoms with E-state index in [-0.39, 0.29) is 0 Å². The number of nitrogens with zero attached hydrogens (tertiary/aromatic N) is 1. The fourth-order valence-corrected chi connectivity index (χ4v) is 3.58. The molecule has 2 aliphatic carbocycles. The lowest BCUT2D eigenvalue weighted by Crippen LogP contribution is -2.35. The fraction of sp³-hybridized carbons (Fsp3) is 0.273. The van der Waals surface area contributed by atoms with Gasteiger partial charge in [0.15, 0.2) is 0 Å².